The van der Waals surface area contributed by atoms with Crippen LogP contribution in [0.25, 0.3) is 0 Å². The summed E-state index contributed by atoms with van der Waals surface area (Å²) in [4.78, 5) is 7.15. The highest BCUT2D eigenvalue weighted by molar-refractivity contribution is 4.94. The van der Waals surface area contributed by atoms with Crippen LogP contribution in [-0.4, -0.2) is 16.0 Å². The Bertz CT molecular complexity index is 281. The van der Waals surface area contributed by atoms with Crippen molar-refractivity contribution in [3.8, 4) is 0 Å². The molecule has 15 heavy (non-hydrogen) atoms. The summed E-state index contributed by atoms with van der Waals surface area (Å²) in [5.74, 6) is 1.71. The van der Waals surface area contributed by atoms with Gasteiger partial charge in [-0.3, -0.25) is 0 Å². The van der Waals surface area contributed by atoms with Gasteiger partial charge in [-0.25, -0.2) is 4.98 Å². The first-order chi connectivity index (χ1) is 7.25. The summed E-state index contributed by atoms with van der Waals surface area (Å²) in [5.41, 5.74) is 1.18. The van der Waals surface area contributed by atoms with Crippen LogP contribution in [0, 0.1) is 11.8 Å². The predicted molar refractivity (Wildman–Crippen MR) is 61.4 cm³/mol. The van der Waals surface area contributed by atoms with Crippen LogP contribution in [0.15, 0.2) is 12.5 Å². The summed E-state index contributed by atoms with van der Waals surface area (Å²) in [5, 5.41) is 3.62. The second-order valence-corrected chi connectivity index (χ2v) is 4.96. The van der Waals surface area contributed by atoms with Gasteiger partial charge < -0.3 is 10.3 Å². The molecule has 0 amide bonds. The molecule has 3 nitrogen and oxygen atoms in total. The van der Waals surface area contributed by atoms with E-state index in [2.05, 4.69) is 29.1 Å². The van der Waals surface area contributed by atoms with E-state index in [9.17, 15) is 0 Å². The minimum atomic E-state index is 0.685. The molecule has 0 aliphatic heterocycles. The van der Waals surface area contributed by atoms with Crippen molar-refractivity contribution >= 4 is 0 Å². The predicted octanol–water partition coefficient (Wildman–Crippen LogP) is 2.32. The van der Waals surface area contributed by atoms with Crippen molar-refractivity contribution in [2.24, 2.45) is 11.8 Å². The van der Waals surface area contributed by atoms with E-state index in [1.54, 1.807) is 6.33 Å². The van der Waals surface area contributed by atoms with Gasteiger partial charge >= 0.3 is 0 Å². The lowest BCUT2D eigenvalue weighted by atomic mass is 9.80. The van der Waals surface area contributed by atoms with Crippen molar-refractivity contribution in [1.82, 2.24) is 15.3 Å². The molecule has 3 atom stereocenters. The number of hydrogen-bond donors (Lipinski definition) is 2. The Hall–Kier alpha value is -0.830. The largest absolute Gasteiger partial charge is 0.347 e. The van der Waals surface area contributed by atoms with Crippen molar-refractivity contribution < 1.29 is 0 Å². The Labute approximate surface area is 91.7 Å². The Morgan fingerprint density at radius 1 is 1.47 bits per heavy atom. The van der Waals surface area contributed by atoms with Crippen molar-refractivity contribution in [2.75, 3.05) is 0 Å². The van der Waals surface area contributed by atoms with Gasteiger partial charge in [0.1, 0.15) is 0 Å². The number of H-pyrrole nitrogens is 1. The molecule has 0 spiro atoms. The van der Waals surface area contributed by atoms with Gasteiger partial charge in [0, 0.05) is 24.5 Å². The van der Waals surface area contributed by atoms with E-state index in [-0.39, 0.29) is 0 Å². The smallest absolute Gasteiger partial charge is 0.0922 e. The summed E-state index contributed by atoms with van der Waals surface area (Å²) < 4.78 is 0. The number of nitrogens with zero attached hydrogens (tertiary/aromatic N) is 1. The maximum Gasteiger partial charge on any atom is 0.0922 e. The van der Waals surface area contributed by atoms with Crippen LogP contribution >= 0.6 is 0 Å². The van der Waals surface area contributed by atoms with E-state index in [1.807, 2.05) is 6.20 Å². The number of aromatic nitrogens is 2. The van der Waals surface area contributed by atoms with Gasteiger partial charge in [-0.05, 0) is 31.1 Å². The van der Waals surface area contributed by atoms with Crippen LogP contribution in [0.3, 0.4) is 0 Å². The molecule has 1 aromatic heterocycles. The fourth-order valence-electron chi connectivity index (χ4n) is 2.59. The van der Waals surface area contributed by atoms with Crippen LogP contribution in [0.5, 0.6) is 0 Å². The van der Waals surface area contributed by atoms with E-state index in [4.69, 9.17) is 0 Å². The van der Waals surface area contributed by atoms with Gasteiger partial charge in [-0.15, -0.1) is 0 Å². The molecule has 2 rings (SSSR count). The summed E-state index contributed by atoms with van der Waals surface area (Å²) in [7, 11) is 0. The van der Waals surface area contributed by atoms with Crippen molar-refractivity contribution in [3.05, 3.63) is 18.2 Å². The first kappa shape index (κ1) is 10.7. The number of hydrogen-bond acceptors (Lipinski definition) is 2. The van der Waals surface area contributed by atoms with Crippen LogP contribution in [0.2, 0.25) is 0 Å². The van der Waals surface area contributed by atoms with Crippen molar-refractivity contribution in [1.29, 1.82) is 0 Å². The van der Waals surface area contributed by atoms with Crippen LogP contribution in [0.4, 0.5) is 0 Å². The summed E-state index contributed by atoms with van der Waals surface area (Å²) in [6.45, 7) is 5.64. The molecular formula is C12H21N3. The average molecular weight is 207 g/mol. The van der Waals surface area contributed by atoms with Gasteiger partial charge in [0.15, 0.2) is 0 Å². The molecule has 0 aromatic carbocycles. The molecule has 1 aromatic rings. The first-order valence-electron chi connectivity index (χ1n) is 5.96. The Morgan fingerprint density at radius 3 is 3.00 bits per heavy atom. The maximum absolute atomic E-state index is 4.02. The van der Waals surface area contributed by atoms with Gasteiger partial charge in [-0.1, -0.05) is 13.8 Å². The molecule has 1 heterocycles. The average Bonchev–Trinajstić information content (AvgIpc) is 2.69. The lowest BCUT2D eigenvalue weighted by Gasteiger charge is -2.33. The third-order valence-corrected chi connectivity index (χ3v) is 3.54. The zero-order valence-corrected chi connectivity index (χ0v) is 9.66. The van der Waals surface area contributed by atoms with E-state index >= 15 is 0 Å². The topological polar surface area (TPSA) is 40.7 Å². The van der Waals surface area contributed by atoms with Crippen molar-refractivity contribution in [2.45, 2.75) is 45.7 Å². The molecular weight excluding hydrogens is 186 g/mol. The van der Waals surface area contributed by atoms with E-state index in [0.29, 0.717) is 6.04 Å². The van der Waals surface area contributed by atoms with Gasteiger partial charge in [0.2, 0.25) is 0 Å². The Kier molecular flexibility index (Phi) is 3.41. The quantitative estimate of drug-likeness (QED) is 0.798. The van der Waals surface area contributed by atoms with Crippen LogP contribution in [0.1, 0.15) is 38.8 Å². The highest BCUT2D eigenvalue weighted by Crippen LogP contribution is 2.28. The normalized spacial score (nSPS) is 31.7. The lowest BCUT2D eigenvalue weighted by Crippen LogP contribution is -2.38. The summed E-state index contributed by atoms with van der Waals surface area (Å²) in [6, 6.07) is 0.685. The number of imidazole rings is 1. The van der Waals surface area contributed by atoms with Crippen LogP contribution < -0.4 is 5.32 Å². The third-order valence-electron chi connectivity index (χ3n) is 3.54. The van der Waals surface area contributed by atoms with E-state index in [1.165, 1.54) is 25.0 Å². The lowest BCUT2D eigenvalue weighted by molar-refractivity contribution is 0.227. The van der Waals surface area contributed by atoms with Gasteiger partial charge in [-0.2, -0.15) is 0 Å². The first-order valence-corrected chi connectivity index (χ1v) is 5.96. The SMILES string of the molecule is CC1CCC(NCc2cnc[nH]2)C(C)C1. The highest BCUT2D eigenvalue weighted by Gasteiger charge is 2.24. The highest BCUT2D eigenvalue weighted by atomic mass is 15.0. The van der Waals surface area contributed by atoms with Gasteiger partial charge in [0.25, 0.3) is 0 Å². The molecule has 0 bridgehead atoms. The summed E-state index contributed by atoms with van der Waals surface area (Å²) in [6.07, 6.45) is 7.68. The number of aromatic amines is 1. The standard InChI is InChI=1S/C12H21N3/c1-9-3-4-12(10(2)5-9)14-7-11-6-13-8-15-11/h6,8-10,12,14H,3-5,7H2,1-2H3,(H,13,15). The minimum Gasteiger partial charge on any atom is -0.347 e. The number of nitrogens with one attached hydrogen (secondary N) is 2. The molecule has 3 heteroatoms. The fraction of sp³-hybridized carbons (Fsp3) is 0.750. The second kappa shape index (κ2) is 4.79. The summed E-state index contributed by atoms with van der Waals surface area (Å²) >= 11 is 0. The zero-order valence-electron chi connectivity index (χ0n) is 9.66. The van der Waals surface area contributed by atoms with Gasteiger partial charge in [0.05, 0.1) is 6.33 Å². The molecule has 84 valence electrons. The fourth-order valence-corrected chi connectivity index (χ4v) is 2.59. The molecule has 0 saturated heterocycles. The molecule has 1 fully saturated rings. The Balaban J connectivity index is 1.79. The zero-order chi connectivity index (χ0) is 10.7. The third kappa shape index (κ3) is 2.81. The molecule has 3 unspecified atom stereocenters. The molecule has 1 aliphatic carbocycles. The van der Waals surface area contributed by atoms with Crippen molar-refractivity contribution in [3.63, 3.8) is 0 Å². The maximum atomic E-state index is 4.02. The minimum absolute atomic E-state index is 0.685. The second-order valence-electron chi connectivity index (χ2n) is 4.96. The molecule has 2 N–H and O–H groups in total. The monoisotopic (exact) mass is 207 g/mol. The Morgan fingerprint density at radius 2 is 2.33 bits per heavy atom. The molecule has 1 aliphatic rings. The van der Waals surface area contributed by atoms with Crippen LogP contribution in [-0.2, 0) is 6.54 Å². The number of rotatable bonds is 3. The molecule has 0 radical (unpaired) electrons. The molecule has 1 saturated carbocycles. The van der Waals surface area contributed by atoms with E-state index in [0.717, 1.165) is 18.4 Å². The van der Waals surface area contributed by atoms with E-state index < -0.39 is 0 Å².